The van der Waals surface area contributed by atoms with Crippen LogP contribution in [0, 0.1) is 0 Å². The number of benzene rings is 8. The largest absolute Gasteiger partial charge is 0.456 e. The molecule has 248 valence electrons. The van der Waals surface area contributed by atoms with Crippen molar-refractivity contribution in [3.63, 3.8) is 0 Å². The van der Waals surface area contributed by atoms with Gasteiger partial charge in [0.05, 0.1) is 0 Å². The van der Waals surface area contributed by atoms with Gasteiger partial charge in [0.15, 0.2) is 17.5 Å². The molecule has 0 saturated carbocycles. The highest BCUT2D eigenvalue weighted by Crippen LogP contribution is 2.41. The lowest BCUT2D eigenvalue weighted by Gasteiger charge is -2.12. The molecule has 4 heteroatoms. The third kappa shape index (κ3) is 5.73. The average Bonchev–Trinajstić information content (AvgIpc) is 3.62. The van der Waals surface area contributed by atoms with Gasteiger partial charge in [-0.2, -0.15) is 0 Å². The van der Waals surface area contributed by atoms with E-state index in [9.17, 15) is 0 Å². The average molecular weight is 678 g/mol. The topological polar surface area (TPSA) is 51.8 Å². The summed E-state index contributed by atoms with van der Waals surface area (Å²) in [6.45, 7) is 0. The van der Waals surface area contributed by atoms with Gasteiger partial charge in [-0.1, -0.05) is 164 Å². The van der Waals surface area contributed by atoms with Crippen LogP contribution in [0.2, 0.25) is 0 Å². The minimum absolute atomic E-state index is 0.582. The fourth-order valence-electron chi connectivity index (χ4n) is 7.22. The summed E-state index contributed by atoms with van der Waals surface area (Å²) in [5, 5.41) is 4.53. The van der Waals surface area contributed by atoms with Crippen molar-refractivity contribution in [2.75, 3.05) is 0 Å². The summed E-state index contributed by atoms with van der Waals surface area (Å²) >= 11 is 0. The minimum Gasteiger partial charge on any atom is -0.456 e. The summed E-state index contributed by atoms with van der Waals surface area (Å²) < 4.78 is 6.51. The highest BCUT2D eigenvalue weighted by atomic mass is 16.3. The summed E-state index contributed by atoms with van der Waals surface area (Å²) in [6, 6.07) is 65.3. The summed E-state index contributed by atoms with van der Waals surface area (Å²) in [7, 11) is 0. The van der Waals surface area contributed by atoms with Crippen LogP contribution in [0.15, 0.2) is 192 Å². The van der Waals surface area contributed by atoms with E-state index in [4.69, 9.17) is 19.4 Å². The van der Waals surface area contributed by atoms with Crippen molar-refractivity contribution < 1.29 is 4.42 Å². The Morgan fingerprint density at radius 3 is 1.43 bits per heavy atom. The molecule has 8 aromatic carbocycles. The van der Waals surface area contributed by atoms with E-state index in [-0.39, 0.29) is 0 Å². The first-order valence-electron chi connectivity index (χ1n) is 17.8. The molecule has 2 heterocycles. The molecule has 0 bridgehead atoms. The van der Waals surface area contributed by atoms with E-state index in [2.05, 4.69) is 140 Å². The van der Waals surface area contributed by atoms with Gasteiger partial charge in [-0.05, 0) is 68.4 Å². The Kier molecular flexibility index (Phi) is 7.43. The zero-order valence-electron chi connectivity index (χ0n) is 28.6. The van der Waals surface area contributed by atoms with E-state index in [0.717, 1.165) is 60.9 Å². The highest BCUT2D eigenvalue weighted by Gasteiger charge is 2.19. The third-order valence-corrected chi connectivity index (χ3v) is 9.93. The third-order valence-electron chi connectivity index (χ3n) is 9.93. The van der Waals surface area contributed by atoms with Crippen LogP contribution in [0.5, 0.6) is 0 Å². The van der Waals surface area contributed by atoms with Gasteiger partial charge in [0, 0.05) is 27.5 Å². The molecule has 0 aliphatic heterocycles. The molecular weight excluding hydrogens is 647 g/mol. The zero-order valence-corrected chi connectivity index (χ0v) is 28.6. The van der Waals surface area contributed by atoms with Gasteiger partial charge < -0.3 is 4.42 Å². The lowest BCUT2D eigenvalue weighted by molar-refractivity contribution is 0.669. The second-order valence-corrected chi connectivity index (χ2v) is 13.3. The molecule has 53 heavy (non-hydrogen) atoms. The van der Waals surface area contributed by atoms with E-state index < -0.39 is 0 Å². The van der Waals surface area contributed by atoms with E-state index in [1.807, 2.05) is 48.5 Å². The highest BCUT2D eigenvalue weighted by molar-refractivity contribution is 6.14. The van der Waals surface area contributed by atoms with E-state index in [0.29, 0.717) is 17.5 Å². The molecule has 0 atom stereocenters. The summed E-state index contributed by atoms with van der Waals surface area (Å²) in [4.78, 5) is 15.2. The minimum atomic E-state index is 0.582. The standard InChI is InChI=1S/C49H31N3O/c1-3-11-32(12-4-1)34-19-21-35(22-20-34)36-23-26-38(27-24-36)48-50-47(37-14-5-2-6-15-37)51-49(52-48)41-30-43(40-28-25-33-13-7-8-16-39(33)29-40)46-42-17-9-10-18-44(42)53-45(46)31-41/h1-31H. The Hall–Kier alpha value is -7.17. The summed E-state index contributed by atoms with van der Waals surface area (Å²) in [5.74, 6) is 1.80. The molecule has 10 aromatic rings. The molecule has 0 saturated heterocycles. The number of aromatic nitrogens is 3. The molecule has 2 aromatic heterocycles. The molecule has 0 radical (unpaired) electrons. The number of rotatable bonds is 6. The Morgan fingerprint density at radius 1 is 0.302 bits per heavy atom. The lowest BCUT2D eigenvalue weighted by atomic mass is 9.95. The SMILES string of the molecule is c1ccc(-c2ccc(-c3ccc(-c4nc(-c5ccccc5)nc(-c5cc(-c6ccc7ccccc7c6)c6c(c5)oc5ccccc56)n4)cc3)cc2)cc1. The van der Waals surface area contributed by atoms with E-state index in [1.54, 1.807) is 0 Å². The van der Waals surface area contributed by atoms with Crippen molar-refractivity contribution in [2.24, 2.45) is 0 Å². The number of fused-ring (bicyclic) bond motifs is 4. The van der Waals surface area contributed by atoms with Crippen LogP contribution in [0.3, 0.4) is 0 Å². The molecule has 0 unspecified atom stereocenters. The van der Waals surface area contributed by atoms with Gasteiger partial charge in [0.1, 0.15) is 11.2 Å². The maximum Gasteiger partial charge on any atom is 0.164 e. The van der Waals surface area contributed by atoms with Crippen molar-refractivity contribution in [1.29, 1.82) is 0 Å². The molecule has 4 nitrogen and oxygen atoms in total. The van der Waals surface area contributed by atoms with Crippen LogP contribution in [0.1, 0.15) is 0 Å². The molecule has 0 aliphatic rings. The Morgan fingerprint density at radius 2 is 0.774 bits per heavy atom. The number of furan rings is 1. The van der Waals surface area contributed by atoms with Crippen molar-refractivity contribution >= 4 is 32.7 Å². The van der Waals surface area contributed by atoms with Crippen LogP contribution in [-0.4, -0.2) is 15.0 Å². The van der Waals surface area contributed by atoms with Crippen LogP contribution in [-0.2, 0) is 0 Å². The monoisotopic (exact) mass is 677 g/mol. The predicted molar refractivity (Wildman–Crippen MR) is 217 cm³/mol. The smallest absolute Gasteiger partial charge is 0.164 e. The van der Waals surface area contributed by atoms with Crippen LogP contribution in [0.4, 0.5) is 0 Å². The van der Waals surface area contributed by atoms with Crippen molar-refractivity contribution in [3.8, 4) is 67.5 Å². The number of hydrogen-bond donors (Lipinski definition) is 0. The second kappa shape index (κ2) is 12.9. The first-order valence-corrected chi connectivity index (χ1v) is 17.8. The van der Waals surface area contributed by atoms with Gasteiger partial charge in [-0.15, -0.1) is 0 Å². The van der Waals surface area contributed by atoms with Crippen molar-refractivity contribution in [2.45, 2.75) is 0 Å². The van der Waals surface area contributed by atoms with Crippen LogP contribution in [0.25, 0.3) is 100 Å². The first kappa shape index (κ1) is 30.6. The van der Waals surface area contributed by atoms with E-state index in [1.165, 1.54) is 21.9 Å². The van der Waals surface area contributed by atoms with Gasteiger partial charge in [-0.25, -0.2) is 15.0 Å². The fraction of sp³-hybridized carbons (Fsp3) is 0. The maximum absolute atomic E-state index is 6.51. The Labute approximate surface area is 306 Å². The van der Waals surface area contributed by atoms with Gasteiger partial charge in [-0.3, -0.25) is 0 Å². The molecule has 0 amide bonds. The first-order chi connectivity index (χ1) is 26.2. The molecule has 0 fully saturated rings. The van der Waals surface area contributed by atoms with Crippen molar-refractivity contribution in [3.05, 3.63) is 188 Å². The van der Waals surface area contributed by atoms with Crippen molar-refractivity contribution in [1.82, 2.24) is 15.0 Å². The number of nitrogens with zero attached hydrogens (tertiary/aromatic N) is 3. The predicted octanol–water partition coefficient (Wildman–Crippen LogP) is 12.9. The Balaban J connectivity index is 1.10. The van der Waals surface area contributed by atoms with E-state index >= 15 is 0 Å². The molecule has 0 spiro atoms. The molecule has 10 rings (SSSR count). The second-order valence-electron chi connectivity index (χ2n) is 13.3. The lowest BCUT2D eigenvalue weighted by Crippen LogP contribution is -2.00. The molecule has 0 aliphatic carbocycles. The number of hydrogen-bond acceptors (Lipinski definition) is 4. The number of para-hydroxylation sites is 1. The zero-order chi connectivity index (χ0) is 35.1. The quantitative estimate of drug-likeness (QED) is 0.176. The Bertz CT molecular complexity index is 2910. The maximum atomic E-state index is 6.51. The summed E-state index contributed by atoms with van der Waals surface area (Å²) in [5.41, 5.74) is 11.2. The fourth-order valence-corrected chi connectivity index (χ4v) is 7.22. The summed E-state index contributed by atoms with van der Waals surface area (Å²) in [6.07, 6.45) is 0. The van der Waals surface area contributed by atoms with Gasteiger partial charge in [0.25, 0.3) is 0 Å². The van der Waals surface area contributed by atoms with Gasteiger partial charge >= 0.3 is 0 Å². The van der Waals surface area contributed by atoms with Crippen LogP contribution >= 0.6 is 0 Å². The normalized spacial score (nSPS) is 11.4. The van der Waals surface area contributed by atoms with Crippen LogP contribution < -0.4 is 0 Å². The molecule has 0 N–H and O–H groups in total. The molecular formula is C49H31N3O. The van der Waals surface area contributed by atoms with Gasteiger partial charge in [0.2, 0.25) is 0 Å².